The molecular weight excluding hydrogens is 541 g/mol. The first-order chi connectivity index (χ1) is 18.6. The Morgan fingerprint density at radius 2 is 1.45 bits per heavy atom. The maximum Gasteiger partial charge on any atom is 0.166 e. The molecule has 38 heavy (non-hydrogen) atoms. The molecule has 0 amide bonds. The van der Waals surface area contributed by atoms with E-state index in [2.05, 4.69) is 9.98 Å². The number of phenolic OH excluding ortho intramolecular Hbond substituents is 2. The summed E-state index contributed by atoms with van der Waals surface area (Å²) >= 11 is 1.63. The highest BCUT2D eigenvalue weighted by atomic mass is 33.1. The zero-order valence-corrected chi connectivity index (χ0v) is 23.4. The highest BCUT2D eigenvalue weighted by molar-refractivity contribution is 8.76. The molecule has 2 aromatic heterocycles. The number of aromatic hydroxyl groups is 2. The van der Waals surface area contributed by atoms with Crippen molar-refractivity contribution < 1.29 is 24.1 Å². The molecule has 0 atom stereocenters. The summed E-state index contributed by atoms with van der Waals surface area (Å²) in [6.45, 7) is 1.23. The Hall–Kier alpha value is -3.34. The Bertz CT molecular complexity index is 1260. The molecule has 0 aliphatic rings. The fourth-order valence-electron chi connectivity index (χ4n) is 3.56. The van der Waals surface area contributed by atoms with E-state index < -0.39 is 0 Å². The monoisotopic (exact) mass is 568 g/mol. The fraction of sp³-hybridized carbons (Fsp3) is 0.214. The Labute approximate surface area is 233 Å². The first-order valence-electron chi connectivity index (χ1n) is 11.7. The quantitative estimate of drug-likeness (QED) is 0.102. The third-order valence-corrected chi connectivity index (χ3v) is 8.70. The summed E-state index contributed by atoms with van der Waals surface area (Å²) in [4.78, 5) is 10.0. The molecule has 0 unspecified atom stereocenters. The molecule has 0 fully saturated rings. The lowest BCUT2D eigenvalue weighted by atomic mass is 10.1. The molecule has 0 bridgehead atoms. The zero-order valence-electron chi connectivity index (χ0n) is 21.0. The van der Waals surface area contributed by atoms with Gasteiger partial charge in [0.15, 0.2) is 23.0 Å². The van der Waals surface area contributed by atoms with Crippen molar-refractivity contribution in [3.05, 3.63) is 71.3 Å². The van der Waals surface area contributed by atoms with Gasteiger partial charge in [-0.25, -0.2) is 0 Å². The third kappa shape index (κ3) is 7.15. The van der Waals surface area contributed by atoms with Crippen molar-refractivity contribution in [1.29, 1.82) is 0 Å². The van der Waals surface area contributed by atoms with Gasteiger partial charge in [0, 0.05) is 58.6 Å². The molecule has 0 radical (unpaired) electrons. The van der Waals surface area contributed by atoms with E-state index in [1.807, 2.05) is 47.8 Å². The number of rotatable bonds is 13. The van der Waals surface area contributed by atoms with Crippen LogP contribution in [0.25, 0.3) is 21.8 Å². The van der Waals surface area contributed by atoms with Crippen LogP contribution in [-0.2, 0) is 0 Å². The number of furan rings is 1. The number of nitrogens with zero attached hydrogens (tertiary/aromatic N) is 2. The Balaban J connectivity index is 1.23. The van der Waals surface area contributed by atoms with Crippen LogP contribution in [0.3, 0.4) is 0 Å². The Kier molecular flexibility index (Phi) is 10.2. The van der Waals surface area contributed by atoms with E-state index in [1.54, 1.807) is 64.8 Å². The van der Waals surface area contributed by atoms with Crippen molar-refractivity contribution in [2.45, 2.75) is 0 Å². The summed E-state index contributed by atoms with van der Waals surface area (Å²) < 4.78 is 16.1. The van der Waals surface area contributed by atoms with Gasteiger partial charge in [-0.15, -0.1) is 11.3 Å². The number of thiophene rings is 1. The van der Waals surface area contributed by atoms with Crippen molar-refractivity contribution in [1.82, 2.24) is 0 Å². The molecule has 0 spiro atoms. The summed E-state index contributed by atoms with van der Waals surface area (Å²) in [5.41, 5.74) is 3.00. The molecule has 4 rings (SSSR count). The molecular formula is C28H28N2O5S3. The average molecular weight is 569 g/mol. The number of hydrogen-bond donors (Lipinski definition) is 2. The minimum absolute atomic E-state index is 0.0519. The second-order valence-corrected chi connectivity index (χ2v) is 11.6. The van der Waals surface area contributed by atoms with Crippen LogP contribution in [0.1, 0.15) is 11.1 Å². The number of methoxy groups -OCH3 is 2. The van der Waals surface area contributed by atoms with E-state index in [4.69, 9.17) is 13.9 Å². The van der Waals surface area contributed by atoms with Gasteiger partial charge in [0.1, 0.15) is 5.76 Å². The van der Waals surface area contributed by atoms with Gasteiger partial charge < -0.3 is 24.1 Å². The van der Waals surface area contributed by atoms with Crippen LogP contribution < -0.4 is 9.47 Å². The third-order valence-electron chi connectivity index (χ3n) is 5.41. The predicted molar refractivity (Wildman–Crippen MR) is 160 cm³/mol. The van der Waals surface area contributed by atoms with Gasteiger partial charge in [-0.1, -0.05) is 27.7 Å². The van der Waals surface area contributed by atoms with E-state index in [1.165, 1.54) is 7.11 Å². The molecule has 4 aromatic rings. The molecule has 0 aliphatic carbocycles. The van der Waals surface area contributed by atoms with Crippen molar-refractivity contribution in [3.63, 3.8) is 0 Å². The maximum atomic E-state index is 10.5. The molecule has 7 nitrogen and oxygen atoms in total. The molecule has 2 N–H and O–H groups in total. The van der Waals surface area contributed by atoms with Crippen LogP contribution in [0.4, 0.5) is 0 Å². The Morgan fingerprint density at radius 3 is 1.97 bits per heavy atom. The van der Waals surface area contributed by atoms with Gasteiger partial charge in [-0.05, 0) is 53.4 Å². The highest BCUT2D eigenvalue weighted by Crippen LogP contribution is 2.37. The Morgan fingerprint density at radius 1 is 0.842 bits per heavy atom. The minimum Gasteiger partial charge on any atom is -0.504 e. The lowest BCUT2D eigenvalue weighted by Gasteiger charge is -2.09. The highest BCUT2D eigenvalue weighted by Gasteiger charge is 2.12. The lowest BCUT2D eigenvalue weighted by Crippen LogP contribution is -1.93. The van der Waals surface area contributed by atoms with Crippen LogP contribution in [-0.4, -0.2) is 61.5 Å². The van der Waals surface area contributed by atoms with E-state index in [-0.39, 0.29) is 11.5 Å². The van der Waals surface area contributed by atoms with Crippen molar-refractivity contribution >= 4 is 45.4 Å². The summed E-state index contributed by atoms with van der Waals surface area (Å²) in [6, 6.07) is 15.0. The number of phenols is 2. The number of aliphatic imine (C=N–C) groups is 2. The van der Waals surface area contributed by atoms with Gasteiger partial charge in [0.05, 0.1) is 20.5 Å². The molecule has 0 saturated heterocycles. The summed E-state index contributed by atoms with van der Waals surface area (Å²) in [5.74, 6) is 3.29. The van der Waals surface area contributed by atoms with Crippen molar-refractivity contribution in [3.8, 4) is 44.8 Å². The summed E-state index contributed by atoms with van der Waals surface area (Å²) in [5, 5.41) is 22.9. The van der Waals surface area contributed by atoms with Crippen LogP contribution in [0.15, 0.2) is 74.6 Å². The second-order valence-electron chi connectivity index (χ2n) is 7.90. The first kappa shape index (κ1) is 27.7. The van der Waals surface area contributed by atoms with Gasteiger partial charge in [-0.3, -0.25) is 9.98 Å². The topological polar surface area (TPSA) is 96.8 Å². The normalized spacial score (nSPS) is 11.5. The minimum atomic E-state index is 0.0519. The van der Waals surface area contributed by atoms with E-state index in [9.17, 15) is 10.2 Å². The lowest BCUT2D eigenvalue weighted by molar-refractivity contribution is 0.373. The van der Waals surface area contributed by atoms with Gasteiger partial charge in [-0.2, -0.15) is 0 Å². The molecule has 0 aliphatic heterocycles. The molecule has 10 heteroatoms. The van der Waals surface area contributed by atoms with Gasteiger partial charge >= 0.3 is 0 Å². The molecule has 2 heterocycles. The van der Waals surface area contributed by atoms with E-state index in [0.717, 1.165) is 27.5 Å². The smallest absolute Gasteiger partial charge is 0.166 e. The predicted octanol–water partition coefficient (Wildman–Crippen LogP) is 7.02. The maximum absolute atomic E-state index is 10.5. The summed E-state index contributed by atoms with van der Waals surface area (Å²) in [7, 11) is 6.50. The van der Waals surface area contributed by atoms with Crippen LogP contribution in [0, 0.1) is 0 Å². The van der Waals surface area contributed by atoms with Gasteiger partial charge in [0.2, 0.25) is 0 Å². The number of hydrogen-bond acceptors (Lipinski definition) is 10. The van der Waals surface area contributed by atoms with E-state index >= 15 is 0 Å². The number of benzene rings is 2. The second kappa shape index (κ2) is 14.0. The molecule has 0 saturated carbocycles. The fourth-order valence-corrected chi connectivity index (χ4v) is 6.03. The molecule has 2 aromatic carbocycles. The molecule has 198 valence electrons. The van der Waals surface area contributed by atoms with Crippen molar-refractivity contribution in [2.24, 2.45) is 9.98 Å². The largest absolute Gasteiger partial charge is 0.504 e. The number of ether oxygens (including phenoxy) is 2. The van der Waals surface area contributed by atoms with Crippen LogP contribution in [0.2, 0.25) is 0 Å². The first-order valence-corrected chi connectivity index (χ1v) is 15.1. The SMILES string of the molecule is COc1cc(-c2ccco2)cc(C=NCCSSCCN=Cc2cc(-c3cccs3)cc(OC)c2O)c1O. The standard InChI is InChI=1S/C28H28N2O5S3/c1-33-24-15-19(23-5-3-9-35-23)13-21(27(24)31)17-29-7-11-37-38-12-8-30-18-22-14-20(26-6-4-10-36-26)16-25(34-2)28(22)32/h3-6,9-10,13-18,31-32H,7-8,11-12H2,1-2H3. The average Bonchev–Trinajstić information content (AvgIpc) is 3.66. The van der Waals surface area contributed by atoms with Gasteiger partial charge in [0.25, 0.3) is 0 Å². The van der Waals surface area contributed by atoms with Crippen molar-refractivity contribution in [2.75, 3.05) is 38.8 Å². The van der Waals surface area contributed by atoms with Crippen LogP contribution >= 0.6 is 32.9 Å². The zero-order chi connectivity index (χ0) is 26.7. The summed E-state index contributed by atoms with van der Waals surface area (Å²) in [6.07, 6.45) is 4.96. The van der Waals surface area contributed by atoms with E-state index in [0.29, 0.717) is 41.5 Å². The van der Waals surface area contributed by atoms with Crippen LogP contribution in [0.5, 0.6) is 23.0 Å².